The molecule has 1 heterocycles. The van der Waals surface area contributed by atoms with Gasteiger partial charge in [0.1, 0.15) is 0 Å². The molecule has 2 N–H and O–H groups in total. The molecule has 0 aromatic carbocycles. The van der Waals surface area contributed by atoms with Gasteiger partial charge in [-0.3, -0.25) is 4.79 Å². The van der Waals surface area contributed by atoms with Crippen LogP contribution in [0.3, 0.4) is 0 Å². The molecule has 0 aliphatic carbocycles. The van der Waals surface area contributed by atoms with E-state index in [1.54, 1.807) is 0 Å². The van der Waals surface area contributed by atoms with Crippen molar-refractivity contribution in [3.8, 4) is 0 Å². The highest BCUT2D eigenvalue weighted by Crippen LogP contribution is 2.30. The first-order valence-electron chi connectivity index (χ1n) is 6.49. The molecule has 0 saturated carbocycles. The Bertz CT molecular complexity index is 266. The zero-order chi connectivity index (χ0) is 13.1. The lowest BCUT2D eigenvalue weighted by molar-refractivity contribution is -0.131. The highest BCUT2D eigenvalue weighted by atomic mass is 32.2. The summed E-state index contributed by atoms with van der Waals surface area (Å²) in [6, 6.07) is -0.00795. The van der Waals surface area contributed by atoms with Gasteiger partial charge in [0.05, 0.1) is 0 Å². The van der Waals surface area contributed by atoms with Crippen LogP contribution < -0.4 is 5.73 Å². The van der Waals surface area contributed by atoms with E-state index in [9.17, 15) is 4.79 Å². The summed E-state index contributed by atoms with van der Waals surface area (Å²) >= 11 is 1.96. The van der Waals surface area contributed by atoms with Crippen molar-refractivity contribution in [3.05, 3.63) is 0 Å². The minimum atomic E-state index is -0.00795. The fourth-order valence-corrected chi connectivity index (χ4v) is 2.94. The predicted molar refractivity (Wildman–Crippen MR) is 75.2 cm³/mol. The van der Waals surface area contributed by atoms with E-state index in [-0.39, 0.29) is 11.9 Å². The Morgan fingerprint density at radius 1 is 1.41 bits per heavy atom. The number of hydrogen-bond acceptors (Lipinski definition) is 3. The Balaban J connectivity index is 2.47. The van der Waals surface area contributed by atoms with Crippen LogP contribution >= 0.6 is 11.8 Å². The van der Waals surface area contributed by atoms with E-state index in [0.717, 1.165) is 25.3 Å². The van der Waals surface area contributed by atoms with E-state index in [0.29, 0.717) is 17.1 Å². The summed E-state index contributed by atoms with van der Waals surface area (Å²) in [6.07, 6.45) is 1.56. The summed E-state index contributed by atoms with van der Waals surface area (Å²) in [7, 11) is 0. The van der Waals surface area contributed by atoms with Crippen molar-refractivity contribution in [2.45, 2.75) is 51.3 Å². The topological polar surface area (TPSA) is 46.3 Å². The molecule has 100 valence electrons. The number of nitrogens with two attached hydrogens (primary N) is 1. The molecule has 1 atom stereocenters. The molecular weight excluding hydrogens is 232 g/mol. The molecular formula is C13H26N2OS. The summed E-state index contributed by atoms with van der Waals surface area (Å²) in [6.45, 7) is 10.4. The molecule has 1 rings (SSSR count). The monoisotopic (exact) mass is 258 g/mol. The lowest BCUT2D eigenvalue weighted by Gasteiger charge is -2.24. The average molecular weight is 258 g/mol. The van der Waals surface area contributed by atoms with Gasteiger partial charge in [0, 0.05) is 36.1 Å². The zero-order valence-electron chi connectivity index (χ0n) is 11.5. The Morgan fingerprint density at radius 3 is 2.65 bits per heavy atom. The van der Waals surface area contributed by atoms with E-state index in [1.807, 2.05) is 16.7 Å². The Kier molecular flexibility index (Phi) is 5.32. The Morgan fingerprint density at radius 2 is 2.06 bits per heavy atom. The molecule has 4 heteroatoms. The summed E-state index contributed by atoms with van der Waals surface area (Å²) in [4.78, 5) is 14.1. The zero-order valence-corrected chi connectivity index (χ0v) is 12.3. The van der Waals surface area contributed by atoms with Crippen LogP contribution in [0.2, 0.25) is 0 Å². The number of carbonyl (C=O) groups is 1. The van der Waals surface area contributed by atoms with Gasteiger partial charge >= 0.3 is 0 Å². The molecule has 1 aliphatic rings. The summed E-state index contributed by atoms with van der Waals surface area (Å²) < 4.78 is 0.301. The standard InChI is InChI=1S/C13H26N2OS/c1-10(2)11(14)9-12(16)15-6-5-13(3,4)17-8-7-15/h10-11H,5-9,14H2,1-4H3. The summed E-state index contributed by atoms with van der Waals surface area (Å²) in [5.74, 6) is 1.64. The first kappa shape index (κ1) is 14.8. The van der Waals surface area contributed by atoms with Gasteiger partial charge in [-0.1, -0.05) is 27.7 Å². The molecule has 1 amide bonds. The van der Waals surface area contributed by atoms with Gasteiger partial charge in [-0.2, -0.15) is 11.8 Å². The number of carbonyl (C=O) groups excluding carboxylic acids is 1. The maximum Gasteiger partial charge on any atom is 0.224 e. The highest BCUT2D eigenvalue weighted by Gasteiger charge is 2.26. The van der Waals surface area contributed by atoms with Crippen LogP contribution in [0.25, 0.3) is 0 Å². The number of nitrogens with zero attached hydrogens (tertiary/aromatic N) is 1. The fourth-order valence-electron chi connectivity index (χ4n) is 1.84. The molecule has 1 unspecified atom stereocenters. The van der Waals surface area contributed by atoms with Crippen LogP contribution in [0.4, 0.5) is 0 Å². The first-order valence-corrected chi connectivity index (χ1v) is 7.48. The lowest BCUT2D eigenvalue weighted by Crippen LogP contribution is -2.39. The number of hydrogen-bond donors (Lipinski definition) is 1. The molecule has 1 aliphatic heterocycles. The number of rotatable bonds is 3. The van der Waals surface area contributed by atoms with Crippen molar-refractivity contribution in [2.24, 2.45) is 11.7 Å². The molecule has 0 spiro atoms. The third kappa shape index (κ3) is 4.88. The highest BCUT2D eigenvalue weighted by molar-refractivity contribution is 8.00. The van der Waals surface area contributed by atoms with E-state index in [2.05, 4.69) is 27.7 Å². The third-order valence-corrected chi connectivity index (χ3v) is 4.83. The Hall–Kier alpha value is -0.220. The van der Waals surface area contributed by atoms with Crippen LogP contribution in [-0.2, 0) is 4.79 Å². The van der Waals surface area contributed by atoms with Gasteiger partial charge in [0.2, 0.25) is 5.91 Å². The maximum atomic E-state index is 12.1. The molecule has 0 bridgehead atoms. The third-order valence-electron chi connectivity index (χ3n) is 3.46. The molecule has 0 aromatic rings. The van der Waals surface area contributed by atoms with Crippen LogP contribution in [0.15, 0.2) is 0 Å². The number of amides is 1. The largest absolute Gasteiger partial charge is 0.342 e. The predicted octanol–water partition coefficient (Wildman–Crippen LogP) is 2.10. The normalized spacial score (nSPS) is 22.4. The smallest absolute Gasteiger partial charge is 0.224 e. The average Bonchev–Trinajstić information content (AvgIpc) is 2.39. The van der Waals surface area contributed by atoms with Crippen molar-refractivity contribution >= 4 is 17.7 Å². The van der Waals surface area contributed by atoms with E-state index in [1.165, 1.54) is 0 Å². The molecule has 1 fully saturated rings. The van der Waals surface area contributed by atoms with Gasteiger partial charge in [-0.15, -0.1) is 0 Å². The van der Waals surface area contributed by atoms with Crippen molar-refractivity contribution in [2.75, 3.05) is 18.8 Å². The summed E-state index contributed by atoms with van der Waals surface area (Å²) in [5, 5.41) is 0. The summed E-state index contributed by atoms with van der Waals surface area (Å²) in [5.41, 5.74) is 5.96. The van der Waals surface area contributed by atoms with Crippen LogP contribution in [-0.4, -0.2) is 40.4 Å². The van der Waals surface area contributed by atoms with Crippen molar-refractivity contribution in [1.82, 2.24) is 4.90 Å². The van der Waals surface area contributed by atoms with Crippen molar-refractivity contribution in [1.29, 1.82) is 0 Å². The minimum absolute atomic E-state index is 0.00795. The van der Waals surface area contributed by atoms with Crippen LogP contribution in [0, 0.1) is 5.92 Å². The minimum Gasteiger partial charge on any atom is -0.342 e. The van der Waals surface area contributed by atoms with Crippen LogP contribution in [0.1, 0.15) is 40.5 Å². The number of thioether (sulfide) groups is 1. The molecule has 1 saturated heterocycles. The van der Waals surface area contributed by atoms with Gasteiger partial charge in [-0.25, -0.2) is 0 Å². The van der Waals surface area contributed by atoms with Crippen molar-refractivity contribution < 1.29 is 4.79 Å². The van der Waals surface area contributed by atoms with Gasteiger partial charge < -0.3 is 10.6 Å². The second-order valence-electron chi connectivity index (χ2n) is 5.85. The molecule has 0 radical (unpaired) electrons. The first-order chi connectivity index (χ1) is 7.82. The lowest BCUT2D eigenvalue weighted by atomic mass is 10.0. The van der Waals surface area contributed by atoms with Crippen molar-refractivity contribution in [3.63, 3.8) is 0 Å². The van der Waals surface area contributed by atoms with Gasteiger partial charge in [-0.05, 0) is 12.3 Å². The van der Waals surface area contributed by atoms with E-state index < -0.39 is 0 Å². The molecule has 3 nitrogen and oxygen atoms in total. The fraction of sp³-hybridized carbons (Fsp3) is 0.923. The van der Waals surface area contributed by atoms with Crippen LogP contribution in [0.5, 0.6) is 0 Å². The second kappa shape index (κ2) is 6.10. The SMILES string of the molecule is CC(C)C(N)CC(=O)N1CCSC(C)(C)CC1. The molecule has 17 heavy (non-hydrogen) atoms. The van der Waals surface area contributed by atoms with E-state index in [4.69, 9.17) is 5.73 Å². The Labute approximate surface area is 109 Å². The van der Waals surface area contributed by atoms with Gasteiger partial charge in [0.25, 0.3) is 0 Å². The second-order valence-corrected chi connectivity index (χ2v) is 7.65. The quantitative estimate of drug-likeness (QED) is 0.843. The van der Waals surface area contributed by atoms with E-state index >= 15 is 0 Å². The molecule has 0 aromatic heterocycles. The maximum absolute atomic E-state index is 12.1. The van der Waals surface area contributed by atoms with Gasteiger partial charge in [0.15, 0.2) is 0 Å².